The molecule has 7 N–H and O–H groups in total. The van der Waals surface area contributed by atoms with E-state index in [-0.39, 0.29) is 39.1 Å². The van der Waals surface area contributed by atoms with Gasteiger partial charge in [0.25, 0.3) is 11.7 Å². The number of phenolic OH excluding ortho intramolecular Hbond substituents is 3. The summed E-state index contributed by atoms with van der Waals surface area (Å²) in [6.07, 6.45) is -2.25. The molecule has 4 aliphatic rings. The third kappa shape index (κ3) is 13.2. The maximum Gasteiger partial charge on any atom is 0.338 e. The number of hydrogen-bond donors (Lipinski definition) is 7. The molecule has 0 aromatic heterocycles. The Morgan fingerprint density at radius 1 is 0.721 bits per heavy atom. The van der Waals surface area contributed by atoms with Crippen molar-refractivity contribution >= 4 is 58.2 Å². The van der Waals surface area contributed by atoms with Crippen molar-refractivity contribution in [3.63, 3.8) is 0 Å². The topological polar surface area (TPSA) is 314 Å². The number of nitrogens with one attached hydrogen (secondary N) is 2. The van der Waals surface area contributed by atoms with E-state index in [0.717, 1.165) is 12.5 Å². The van der Waals surface area contributed by atoms with E-state index in [1.54, 1.807) is 88.4 Å². The van der Waals surface area contributed by atoms with Crippen LogP contribution >= 0.6 is 0 Å². The molecule has 0 radical (unpaired) electrons. The fourth-order valence-electron chi connectivity index (χ4n) is 10.6. The van der Waals surface area contributed by atoms with Gasteiger partial charge in [0.2, 0.25) is 0 Å². The van der Waals surface area contributed by atoms with E-state index in [4.69, 9.17) is 37.9 Å². The highest BCUT2D eigenvalue weighted by Gasteiger charge is 2.52. The molecule has 4 heterocycles. The van der Waals surface area contributed by atoms with Crippen LogP contribution in [0.4, 0.5) is 5.69 Å². The molecule has 86 heavy (non-hydrogen) atoms. The number of phenols is 3. The molecule has 1 saturated heterocycles. The number of aliphatic hydroxyl groups is 2. The van der Waals surface area contributed by atoms with Crippen molar-refractivity contribution in [1.82, 2.24) is 5.43 Å². The highest BCUT2D eigenvalue weighted by molar-refractivity contribution is 6.24. The monoisotopic (exact) mass is 1180 g/mol. The van der Waals surface area contributed by atoms with Crippen molar-refractivity contribution in [1.29, 1.82) is 0 Å². The number of nitrogens with zero attached hydrogens (tertiary/aromatic N) is 1. The lowest BCUT2D eigenvalue weighted by atomic mass is 9.78. The normalized spacial score (nSPS) is 27.0. The van der Waals surface area contributed by atoms with Gasteiger partial charge >= 0.3 is 29.7 Å². The quantitative estimate of drug-likeness (QED) is 0.0157. The molecule has 13 unspecified atom stereocenters. The molecule has 5 aromatic carbocycles. The molecule has 13 atom stereocenters. The Kier molecular flexibility index (Phi) is 19.7. The van der Waals surface area contributed by atoms with Gasteiger partial charge in [0, 0.05) is 61.2 Å². The largest absolute Gasteiger partial charge is 0.507 e. The first kappa shape index (κ1) is 62.9. The number of esters is 4. The molecule has 22 nitrogen and oxygen atoms in total. The van der Waals surface area contributed by atoms with Crippen molar-refractivity contribution in [3.05, 3.63) is 161 Å². The predicted octanol–water partition coefficient (Wildman–Crippen LogP) is 7.71. The molecule has 454 valence electrons. The molecule has 22 heteroatoms. The zero-order valence-corrected chi connectivity index (χ0v) is 48.7. The van der Waals surface area contributed by atoms with E-state index in [9.17, 15) is 54.3 Å². The summed E-state index contributed by atoms with van der Waals surface area (Å²) in [6.45, 7) is 11.5. The summed E-state index contributed by atoms with van der Waals surface area (Å²) in [6, 6.07) is 23.8. The Morgan fingerprint density at radius 3 is 1.88 bits per heavy atom. The third-order valence-corrected chi connectivity index (χ3v) is 15.6. The van der Waals surface area contributed by atoms with Crippen LogP contribution in [0.15, 0.2) is 132 Å². The van der Waals surface area contributed by atoms with E-state index in [1.807, 2.05) is 0 Å². The summed E-state index contributed by atoms with van der Waals surface area (Å²) in [5.74, 6) is -12.6. The number of benzene rings is 5. The van der Waals surface area contributed by atoms with Gasteiger partial charge in [-0.05, 0) is 56.3 Å². The molecule has 0 spiro atoms. The maximum atomic E-state index is 14.9. The number of amides is 1. The molecule has 1 fully saturated rings. The number of methoxy groups -OCH3 is 1. The first-order valence-electron chi connectivity index (χ1n) is 27.7. The molecule has 9 rings (SSSR count). The van der Waals surface area contributed by atoms with Crippen LogP contribution in [0.1, 0.15) is 101 Å². The van der Waals surface area contributed by atoms with Crippen LogP contribution in [0, 0.1) is 30.6 Å². The van der Waals surface area contributed by atoms with Gasteiger partial charge in [-0.2, -0.15) is 5.10 Å². The van der Waals surface area contributed by atoms with Gasteiger partial charge in [0.15, 0.2) is 24.2 Å². The molecule has 1 amide bonds. The van der Waals surface area contributed by atoms with E-state index >= 15 is 0 Å². The van der Waals surface area contributed by atoms with E-state index in [0.29, 0.717) is 0 Å². The summed E-state index contributed by atoms with van der Waals surface area (Å²) >= 11 is 0. The number of aromatic hydroxyl groups is 3. The molecular weight excluding hydrogens is 1110 g/mol. The first-order valence-corrected chi connectivity index (χ1v) is 27.7. The van der Waals surface area contributed by atoms with Crippen molar-refractivity contribution < 1.29 is 92.2 Å². The molecule has 0 aliphatic carbocycles. The number of carbonyl (C=O) groups excluding carboxylic acids is 6. The molecule has 5 aromatic rings. The number of aliphatic hydroxyl groups excluding tert-OH is 2. The molecule has 5 bridgehead atoms. The Hall–Kier alpha value is -9.09. The van der Waals surface area contributed by atoms with Crippen LogP contribution in [-0.2, 0) is 42.7 Å². The van der Waals surface area contributed by atoms with Crippen LogP contribution < -0.4 is 15.5 Å². The van der Waals surface area contributed by atoms with E-state index in [1.165, 1.54) is 89.4 Å². The lowest BCUT2D eigenvalue weighted by Crippen LogP contribution is -2.46. The number of fused-ring (bicyclic) bond motifs is 14. The number of ketones is 1. The molecule has 4 aliphatic heterocycles. The Bertz CT molecular complexity index is 3480. The SMILES string of the molecule is COC1C=COC2(C)Oc3c(C)c(O)c4c(O)c(c(/C=N/NC5OC(COC(=O)c6ccccc6)C(OC(=O)c6ccccc6)C5OC(=O)c5ccccc5)c(O)c4c3C2=O)NC(=O)C(C)=CC=CC(C)C(O)C(C)C(O)C(C)C(OC(C)=O)C1C. The minimum Gasteiger partial charge on any atom is -0.507 e. The number of rotatable bonds is 12. The number of carbonyl (C=O) groups is 6. The summed E-state index contributed by atoms with van der Waals surface area (Å²) in [7, 11) is 1.39. The van der Waals surface area contributed by atoms with Gasteiger partial charge in [0.05, 0.1) is 69.7 Å². The third-order valence-electron chi connectivity index (χ3n) is 15.6. The van der Waals surface area contributed by atoms with Gasteiger partial charge < -0.3 is 68.7 Å². The Labute approximate surface area is 495 Å². The van der Waals surface area contributed by atoms with Crippen LogP contribution in [0.5, 0.6) is 23.0 Å². The lowest BCUT2D eigenvalue weighted by molar-refractivity contribution is -0.160. The van der Waals surface area contributed by atoms with Crippen molar-refractivity contribution in [2.24, 2.45) is 28.8 Å². The highest BCUT2D eigenvalue weighted by atomic mass is 16.7. The standard InChI is InChI=1S/C64H69N3O19/c1-32-20-19-21-33(2)59(75)66-48-42(30-65-67-60-57(85-63(78)41-26-17-12-18-27-41)56(84-62(77)40-24-15-11-16-25-40)44(83-60)31-80-61(76)39-22-13-10-14-23-39)52(72)45-46(53(48)73)51(71)37(6)55-47(45)58(74)64(8,86-55)81-29-28-43(79-9)34(3)54(82-38(7)68)36(5)50(70)35(4)49(32)69/h10-30,32,34-36,43-44,49-50,54,56-57,60,67,69-73H,31H2,1-9H3,(H,66,75)/b20-19?,29-28?,33-21?,65-30+. The maximum absolute atomic E-state index is 14.9. The smallest absolute Gasteiger partial charge is 0.338 e. The van der Waals surface area contributed by atoms with E-state index < -0.39 is 160 Å². The zero-order valence-electron chi connectivity index (χ0n) is 48.7. The van der Waals surface area contributed by atoms with Gasteiger partial charge in [-0.3, -0.25) is 19.8 Å². The number of allylic oxidation sites excluding steroid dienone is 2. The fourth-order valence-corrected chi connectivity index (χ4v) is 10.6. The summed E-state index contributed by atoms with van der Waals surface area (Å²) < 4.78 is 47.9. The Balaban J connectivity index is 1.24. The Morgan fingerprint density at radius 2 is 1.30 bits per heavy atom. The minimum atomic E-state index is -2.22. The number of Topliss-reactive ketones (excluding diaryl/α,β-unsaturated/α-hetero) is 1. The van der Waals surface area contributed by atoms with Crippen LogP contribution in [-0.4, -0.2) is 136 Å². The molecule has 0 saturated carbocycles. The van der Waals surface area contributed by atoms with Crippen LogP contribution in [0.3, 0.4) is 0 Å². The van der Waals surface area contributed by atoms with Crippen molar-refractivity contribution in [2.45, 2.75) is 110 Å². The van der Waals surface area contributed by atoms with Gasteiger partial charge in [-0.1, -0.05) is 101 Å². The fraction of sp³-hybridized carbons (Fsp3) is 0.359. The average Bonchev–Trinajstić information content (AvgIpc) is 1.46. The average molecular weight is 1180 g/mol. The summed E-state index contributed by atoms with van der Waals surface area (Å²) in [4.78, 5) is 82.7. The van der Waals surface area contributed by atoms with Crippen LogP contribution in [0.2, 0.25) is 0 Å². The van der Waals surface area contributed by atoms with E-state index in [2.05, 4.69) is 15.8 Å². The number of ether oxygens (including phenoxy) is 8. The van der Waals surface area contributed by atoms with Gasteiger partial charge in [-0.15, -0.1) is 0 Å². The summed E-state index contributed by atoms with van der Waals surface area (Å²) in [5.41, 5.74) is 1.69. The minimum absolute atomic E-state index is 0.0152. The highest BCUT2D eigenvalue weighted by Crippen LogP contribution is 2.55. The molecular formula is C64H69N3O19. The van der Waals surface area contributed by atoms with Gasteiger partial charge in [0.1, 0.15) is 36.1 Å². The number of hydrogen-bond acceptors (Lipinski definition) is 21. The lowest BCUT2D eigenvalue weighted by Gasteiger charge is -2.38. The second-order valence-corrected chi connectivity index (χ2v) is 21.5. The van der Waals surface area contributed by atoms with Crippen molar-refractivity contribution in [3.8, 4) is 23.0 Å². The first-order chi connectivity index (χ1) is 41.0. The summed E-state index contributed by atoms with van der Waals surface area (Å²) in [5, 5.41) is 66.1. The second kappa shape index (κ2) is 26.9. The second-order valence-electron chi connectivity index (χ2n) is 21.5. The number of hydrazone groups is 1. The van der Waals surface area contributed by atoms with Crippen LogP contribution in [0.25, 0.3) is 10.8 Å². The predicted molar refractivity (Wildman–Crippen MR) is 311 cm³/mol. The zero-order chi connectivity index (χ0) is 62.3. The van der Waals surface area contributed by atoms with Crippen molar-refractivity contribution in [2.75, 3.05) is 19.0 Å². The van der Waals surface area contributed by atoms with Gasteiger partial charge in [-0.25, -0.2) is 14.4 Å². The number of anilines is 1.